The zero-order valence-corrected chi connectivity index (χ0v) is 15.8. The molecule has 0 aromatic heterocycles. The molecule has 24 heavy (non-hydrogen) atoms. The maximum Gasteiger partial charge on any atom is 0.310 e. The average molecular weight is 332 g/mol. The highest BCUT2D eigenvalue weighted by Gasteiger charge is 2.72. The van der Waals surface area contributed by atoms with E-state index >= 15 is 0 Å². The lowest BCUT2D eigenvalue weighted by molar-refractivity contribution is -0.154. The number of aliphatic hydroxyl groups is 1. The van der Waals surface area contributed by atoms with Gasteiger partial charge in [-0.2, -0.15) is 0 Å². The molecule has 134 valence electrons. The summed E-state index contributed by atoms with van der Waals surface area (Å²) in [7, 11) is 0. The molecular formula is C21H32O3. The van der Waals surface area contributed by atoms with Gasteiger partial charge in [0.1, 0.15) is 0 Å². The first-order chi connectivity index (χ1) is 11.0. The Kier molecular flexibility index (Phi) is 3.09. The first kappa shape index (κ1) is 16.6. The first-order valence-corrected chi connectivity index (χ1v) is 9.69. The third kappa shape index (κ3) is 1.45. The minimum Gasteiger partial charge on any atom is -0.481 e. The van der Waals surface area contributed by atoms with Gasteiger partial charge in [0.2, 0.25) is 0 Å². The largest absolute Gasteiger partial charge is 0.481 e. The van der Waals surface area contributed by atoms with Crippen LogP contribution in [0.5, 0.6) is 0 Å². The number of hydrogen-bond acceptors (Lipinski definition) is 2. The van der Waals surface area contributed by atoms with Gasteiger partial charge in [-0.05, 0) is 68.1 Å². The predicted molar refractivity (Wildman–Crippen MR) is 93.5 cm³/mol. The van der Waals surface area contributed by atoms with Crippen molar-refractivity contribution >= 4 is 5.97 Å². The lowest BCUT2D eigenvalue weighted by Crippen LogP contribution is -2.46. The van der Waals surface area contributed by atoms with Crippen LogP contribution in [0.3, 0.4) is 0 Å². The highest BCUT2D eigenvalue weighted by molar-refractivity contribution is 5.78. The van der Waals surface area contributed by atoms with E-state index in [9.17, 15) is 15.0 Å². The summed E-state index contributed by atoms with van der Waals surface area (Å²) in [6.07, 6.45) is 5.65. The highest BCUT2D eigenvalue weighted by Crippen LogP contribution is 2.78. The Balaban J connectivity index is 1.89. The fraction of sp³-hybridized carbons (Fsp3) is 0.857. The molecule has 0 aromatic carbocycles. The van der Waals surface area contributed by atoms with Crippen LogP contribution in [0, 0.1) is 33.5 Å². The molecule has 0 aromatic rings. The number of aliphatic carboxylic acids is 1. The van der Waals surface area contributed by atoms with Crippen molar-refractivity contribution in [2.75, 3.05) is 0 Å². The van der Waals surface area contributed by atoms with Gasteiger partial charge in [-0.1, -0.05) is 38.8 Å². The number of carbonyl (C=O) groups is 1. The van der Waals surface area contributed by atoms with Crippen molar-refractivity contribution in [1.29, 1.82) is 0 Å². The van der Waals surface area contributed by atoms with E-state index in [0.717, 1.165) is 38.5 Å². The van der Waals surface area contributed by atoms with Gasteiger partial charge in [-0.3, -0.25) is 4.79 Å². The second kappa shape index (κ2) is 4.47. The number of carboxylic acids is 1. The van der Waals surface area contributed by atoms with Gasteiger partial charge in [0, 0.05) is 5.41 Å². The van der Waals surface area contributed by atoms with Crippen LogP contribution in [0.4, 0.5) is 0 Å². The van der Waals surface area contributed by atoms with Crippen LogP contribution in [0.15, 0.2) is 11.1 Å². The Morgan fingerprint density at radius 2 is 1.75 bits per heavy atom. The van der Waals surface area contributed by atoms with Crippen LogP contribution in [-0.2, 0) is 4.79 Å². The van der Waals surface area contributed by atoms with Crippen molar-refractivity contribution in [2.24, 2.45) is 33.5 Å². The Bertz CT molecular complexity index is 651. The summed E-state index contributed by atoms with van der Waals surface area (Å²) in [5.74, 6) is 0.162. The van der Waals surface area contributed by atoms with Gasteiger partial charge < -0.3 is 10.2 Å². The number of aliphatic hydroxyl groups excluding tert-OH is 1. The molecule has 4 aliphatic carbocycles. The molecule has 0 radical (unpaired) electrons. The van der Waals surface area contributed by atoms with E-state index in [4.69, 9.17) is 0 Å². The monoisotopic (exact) mass is 332 g/mol. The first-order valence-electron chi connectivity index (χ1n) is 9.69. The second-order valence-corrected chi connectivity index (χ2v) is 9.99. The molecule has 2 fully saturated rings. The van der Waals surface area contributed by atoms with Gasteiger partial charge in [0.25, 0.3) is 0 Å². The molecule has 7 atom stereocenters. The average Bonchev–Trinajstić information content (AvgIpc) is 3.11. The summed E-state index contributed by atoms with van der Waals surface area (Å²) in [6.45, 7) is 11.1. The van der Waals surface area contributed by atoms with Crippen LogP contribution in [-0.4, -0.2) is 22.3 Å². The molecule has 0 bridgehead atoms. The maximum absolute atomic E-state index is 12.2. The van der Waals surface area contributed by atoms with Crippen LogP contribution >= 0.6 is 0 Å². The van der Waals surface area contributed by atoms with Crippen LogP contribution in [0.2, 0.25) is 0 Å². The molecule has 4 rings (SSSR count). The number of allylic oxidation sites excluding steroid dienone is 2. The molecule has 0 heterocycles. The second-order valence-electron chi connectivity index (χ2n) is 9.99. The fourth-order valence-corrected chi connectivity index (χ4v) is 7.72. The van der Waals surface area contributed by atoms with Crippen molar-refractivity contribution in [3.63, 3.8) is 0 Å². The van der Waals surface area contributed by atoms with Crippen molar-refractivity contribution in [3.8, 4) is 0 Å². The SMILES string of the molecule is C[C@@H]1C[C@@H](O)[C@H](C)[C@@]12CCC1=C2C[C@@]2(C)CC[C@](C)(C(=O)O)[C@@]12C. The van der Waals surface area contributed by atoms with E-state index in [-0.39, 0.29) is 22.3 Å². The molecule has 4 aliphatic rings. The molecule has 3 nitrogen and oxygen atoms in total. The number of rotatable bonds is 1. The van der Waals surface area contributed by atoms with E-state index < -0.39 is 11.4 Å². The zero-order chi connectivity index (χ0) is 17.7. The quantitative estimate of drug-likeness (QED) is 0.700. The van der Waals surface area contributed by atoms with Gasteiger partial charge >= 0.3 is 5.97 Å². The molecule has 1 spiro atoms. The van der Waals surface area contributed by atoms with Crippen LogP contribution < -0.4 is 0 Å². The van der Waals surface area contributed by atoms with Crippen LogP contribution in [0.25, 0.3) is 0 Å². The Morgan fingerprint density at radius 3 is 2.29 bits per heavy atom. The Hall–Kier alpha value is -0.830. The molecule has 0 aliphatic heterocycles. The van der Waals surface area contributed by atoms with E-state index in [1.807, 2.05) is 6.92 Å². The maximum atomic E-state index is 12.2. The summed E-state index contributed by atoms with van der Waals surface area (Å²) < 4.78 is 0. The Morgan fingerprint density at radius 1 is 1.08 bits per heavy atom. The number of hydrogen-bond donors (Lipinski definition) is 2. The minimum atomic E-state index is -0.659. The fourth-order valence-electron chi connectivity index (χ4n) is 7.72. The van der Waals surface area contributed by atoms with Gasteiger partial charge in [0.05, 0.1) is 11.5 Å². The van der Waals surface area contributed by atoms with Crippen molar-refractivity contribution in [2.45, 2.75) is 79.2 Å². The molecule has 0 amide bonds. The van der Waals surface area contributed by atoms with Gasteiger partial charge in [0.15, 0.2) is 0 Å². The van der Waals surface area contributed by atoms with E-state index in [1.54, 1.807) is 5.57 Å². The number of fused-ring (bicyclic) bond motifs is 3. The third-order valence-electron chi connectivity index (χ3n) is 9.71. The minimum absolute atomic E-state index is 0.0607. The molecule has 0 unspecified atom stereocenters. The molecule has 0 saturated heterocycles. The van der Waals surface area contributed by atoms with Crippen LogP contribution in [0.1, 0.15) is 73.1 Å². The van der Waals surface area contributed by atoms with Crippen molar-refractivity contribution in [3.05, 3.63) is 11.1 Å². The smallest absolute Gasteiger partial charge is 0.310 e. The number of carboxylic acid groups (broad SMARTS) is 1. The lowest BCUT2D eigenvalue weighted by Gasteiger charge is -2.46. The normalized spacial score (nSPS) is 56.2. The Labute approximate surface area is 145 Å². The van der Waals surface area contributed by atoms with Gasteiger partial charge in [-0.25, -0.2) is 0 Å². The summed E-state index contributed by atoms with van der Waals surface area (Å²) in [4.78, 5) is 12.2. The predicted octanol–water partition coefficient (Wildman–Crippen LogP) is 4.40. The topological polar surface area (TPSA) is 57.5 Å². The van der Waals surface area contributed by atoms with Gasteiger partial charge in [-0.15, -0.1) is 0 Å². The summed E-state index contributed by atoms with van der Waals surface area (Å²) >= 11 is 0. The van der Waals surface area contributed by atoms with Crippen molar-refractivity contribution in [1.82, 2.24) is 0 Å². The molecule has 2 N–H and O–H groups in total. The standard InChI is InChI=1S/C21H32O3/c1-12-10-16(22)13(2)21(12)7-6-14-15(21)11-18(3)8-9-19(4,17(23)24)20(14,18)5/h12-13,16,22H,6-11H2,1-5H3,(H,23,24)/t12-,13+,16-,18-,19-,20+,21-/m1/s1. The molecule has 3 heteroatoms. The third-order valence-corrected chi connectivity index (χ3v) is 9.71. The van der Waals surface area contributed by atoms with E-state index in [1.165, 1.54) is 5.57 Å². The molecular weight excluding hydrogens is 300 g/mol. The highest BCUT2D eigenvalue weighted by atomic mass is 16.4. The summed E-state index contributed by atoms with van der Waals surface area (Å²) in [5, 5.41) is 20.6. The van der Waals surface area contributed by atoms with Crippen molar-refractivity contribution < 1.29 is 15.0 Å². The lowest BCUT2D eigenvalue weighted by atomic mass is 9.56. The zero-order valence-electron chi connectivity index (χ0n) is 15.8. The summed E-state index contributed by atoms with van der Waals surface area (Å²) in [6, 6.07) is 0. The van der Waals surface area contributed by atoms with E-state index in [2.05, 4.69) is 27.7 Å². The molecule has 2 saturated carbocycles. The summed E-state index contributed by atoms with van der Waals surface area (Å²) in [5.41, 5.74) is 2.29. The van der Waals surface area contributed by atoms with E-state index in [0.29, 0.717) is 11.8 Å².